The van der Waals surface area contributed by atoms with E-state index in [4.69, 9.17) is 23.2 Å². The molecule has 1 nitrogen and oxygen atoms in total. The lowest BCUT2D eigenvalue weighted by molar-refractivity contribution is 0.429. The van der Waals surface area contributed by atoms with Gasteiger partial charge in [0, 0.05) is 23.5 Å². The lowest BCUT2D eigenvalue weighted by Crippen LogP contribution is -2.32. The molecule has 1 aliphatic carbocycles. The Kier molecular flexibility index (Phi) is 4.51. The lowest BCUT2D eigenvalue weighted by Gasteiger charge is -2.18. The molecule has 1 aromatic carbocycles. The van der Waals surface area contributed by atoms with Crippen LogP contribution in [-0.2, 0) is 6.54 Å². The van der Waals surface area contributed by atoms with Crippen molar-refractivity contribution >= 4 is 23.2 Å². The monoisotopic (exact) mass is 257 g/mol. The molecule has 2 unspecified atom stereocenters. The van der Waals surface area contributed by atoms with Crippen molar-refractivity contribution in [2.75, 3.05) is 5.88 Å². The maximum Gasteiger partial charge on any atom is 0.0406 e. The van der Waals surface area contributed by atoms with E-state index in [0.717, 1.165) is 17.4 Å². The van der Waals surface area contributed by atoms with E-state index in [1.807, 2.05) is 12.1 Å². The van der Waals surface area contributed by atoms with Crippen molar-refractivity contribution in [2.45, 2.75) is 31.8 Å². The summed E-state index contributed by atoms with van der Waals surface area (Å²) in [4.78, 5) is 0. The van der Waals surface area contributed by atoms with Gasteiger partial charge in [0.2, 0.25) is 0 Å². The number of hydrogen-bond donors (Lipinski definition) is 1. The van der Waals surface area contributed by atoms with E-state index >= 15 is 0 Å². The van der Waals surface area contributed by atoms with Crippen molar-refractivity contribution in [1.29, 1.82) is 0 Å². The fraction of sp³-hybridized carbons (Fsp3) is 0.538. The maximum atomic E-state index is 5.95. The largest absolute Gasteiger partial charge is 0.310 e. The normalized spacial score (nSPS) is 24.9. The number of alkyl halides is 1. The number of nitrogens with one attached hydrogen (secondary N) is 1. The van der Waals surface area contributed by atoms with Gasteiger partial charge in [-0.25, -0.2) is 0 Å². The Hall–Kier alpha value is -0.240. The van der Waals surface area contributed by atoms with E-state index in [2.05, 4.69) is 17.4 Å². The molecule has 0 aromatic heterocycles. The molecule has 0 amide bonds. The van der Waals surface area contributed by atoms with Crippen LogP contribution in [0.15, 0.2) is 24.3 Å². The van der Waals surface area contributed by atoms with Crippen LogP contribution >= 0.6 is 23.2 Å². The first kappa shape index (κ1) is 12.2. The van der Waals surface area contributed by atoms with Gasteiger partial charge in [-0.3, -0.25) is 0 Å². The molecule has 88 valence electrons. The predicted molar refractivity (Wildman–Crippen MR) is 70.1 cm³/mol. The van der Waals surface area contributed by atoms with E-state index < -0.39 is 0 Å². The molecule has 0 bridgehead atoms. The molecule has 0 radical (unpaired) electrons. The summed E-state index contributed by atoms with van der Waals surface area (Å²) < 4.78 is 0. The van der Waals surface area contributed by atoms with Crippen LogP contribution in [0.4, 0.5) is 0 Å². The van der Waals surface area contributed by atoms with Crippen molar-refractivity contribution < 1.29 is 0 Å². The van der Waals surface area contributed by atoms with Crippen molar-refractivity contribution in [1.82, 2.24) is 5.32 Å². The first-order valence-electron chi connectivity index (χ1n) is 5.83. The highest BCUT2D eigenvalue weighted by atomic mass is 35.5. The van der Waals surface area contributed by atoms with Gasteiger partial charge in [-0.15, -0.1) is 11.6 Å². The molecule has 0 heterocycles. The molecular formula is C13H17Cl2N. The van der Waals surface area contributed by atoms with Gasteiger partial charge >= 0.3 is 0 Å². The van der Waals surface area contributed by atoms with Gasteiger partial charge in [-0.1, -0.05) is 30.2 Å². The third kappa shape index (κ3) is 3.13. The minimum atomic E-state index is 0.591. The molecule has 2 rings (SSSR count). The third-order valence-electron chi connectivity index (χ3n) is 3.34. The summed E-state index contributed by atoms with van der Waals surface area (Å²) in [5.74, 6) is 1.42. The molecule has 1 aromatic rings. The van der Waals surface area contributed by atoms with Crippen LogP contribution < -0.4 is 5.32 Å². The summed E-state index contributed by atoms with van der Waals surface area (Å²) in [6.45, 7) is 0.912. The Labute approximate surface area is 107 Å². The van der Waals surface area contributed by atoms with Gasteiger partial charge in [-0.05, 0) is 36.5 Å². The second-order valence-corrected chi connectivity index (χ2v) is 5.20. The SMILES string of the molecule is ClCC1CCCC1NCc1ccc(Cl)cc1. The highest BCUT2D eigenvalue weighted by Crippen LogP contribution is 2.26. The van der Waals surface area contributed by atoms with Gasteiger partial charge in [0.15, 0.2) is 0 Å². The summed E-state index contributed by atoms with van der Waals surface area (Å²) in [7, 11) is 0. The molecule has 3 heteroatoms. The number of rotatable bonds is 4. The zero-order chi connectivity index (χ0) is 11.4. The minimum absolute atomic E-state index is 0.591. The van der Waals surface area contributed by atoms with Crippen LogP contribution in [0.2, 0.25) is 5.02 Å². The summed E-state index contributed by atoms with van der Waals surface area (Å²) in [6.07, 6.45) is 3.82. The zero-order valence-corrected chi connectivity index (χ0v) is 10.8. The second-order valence-electron chi connectivity index (χ2n) is 4.46. The Morgan fingerprint density at radius 1 is 1.19 bits per heavy atom. The first-order valence-corrected chi connectivity index (χ1v) is 6.74. The Morgan fingerprint density at radius 3 is 2.62 bits per heavy atom. The summed E-state index contributed by atoms with van der Waals surface area (Å²) >= 11 is 11.8. The smallest absolute Gasteiger partial charge is 0.0406 e. The fourth-order valence-electron chi connectivity index (χ4n) is 2.34. The van der Waals surface area contributed by atoms with Crippen molar-refractivity contribution in [3.63, 3.8) is 0 Å². The van der Waals surface area contributed by atoms with Crippen LogP contribution in [0.5, 0.6) is 0 Å². The molecular weight excluding hydrogens is 241 g/mol. The van der Waals surface area contributed by atoms with E-state index in [0.29, 0.717) is 12.0 Å². The molecule has 0 saturated heterocycles. The highest BCUT2D eigenvalue weighted by molar-refractivity contribution is 6.30. The van der Waals surface area contributed by atoms with Crippen LogP contribution in [0.3, 0.4) is 0 Å². The molecule has 1 aliphatic rings. The third-order valence-corrected chi connectivity index (χ3v) is 3.99. The molecule has 1 N–H and O–H groups in total. The zero-order valence-electron chi connectivity index (χ0n) is 9.26. The fourth-order valence-corrected chi connectivity index (χ4v) is 2.84. The topological polar surface area (TPSA) is 12.0 Å². The predicted octanol–water partition coefficient (Wildman–Crippen LogP) is 3.84. The quantitative estimate of drug-likeness (QED) is 0.809. The molecule has 2 atom stereocenters. The first-order chi connectivity index (χ1) is 7.79. The number of hydrogen-bond acceptors (Lipinski definition) is 1. The van der Waals surface area contributed by atoms with Gasteiger partial charge in [0.1, 0.15) is 0 Å². The average molecular weight is 258 g/mol. The van der Waals surface area contributed by atoms with Gasteiger partial charge in [-0.2, -0.15) is 0 Å². The van der Waals surface area contributed by atoms with Gasteiger partial charge in [0.05, 0.1) is 0 Å². The summed E-state index contributed by atoms with van der Waals surface area (Å²) in [5, 5.41) is 4.39. The minimum Gasteiger partial charge on any atom is -0.310 e. The summed E-state index contributed by atoms with van der Waals surface area (Å²) in [5.41, 5.74) is 1.28. The molecule has 1 saturated carbocycles. The van der Waals surface area contributed by atoms with Gasteiger partial charge < -0.3 is 5.32 Å². The highest BCUT2D eigenvalue weighted by Gasteiger charge is 2.25. The number of halogens is 2. The lowest BCUT2D eigenvalue weighted by atomic mass is 10.1. The van der Waals surface area contributed by atoms with E-state index in [9.17, 15) is 0 Å². The van der Waals surface area contributed by atoms with Crippen LogP contribution in [0.1, 0.15) is 24.8 Å². The van der Waals surface area contributed by atoms with Crippen molar-refractivity contribution in [3.8, 4) is 0 Å². The molecule has 1 fully saturated rings. The van der Waals surface area contributed by atoms with E-state index in [-0.39, 0.29) is 0 Å². The standard InChI is InChI=1S/C13H17Cl2N/c14-8-11-2-1-3-13(11)16-9-10-4-6-12(15)7-5-10/h4-7,11,13,16H,1-3,8-9H2. The maximum absolute atomic E-state index is 5.95. The average Bonchev–Trinajstić information content (AvgIpc) is 2.76. The molecule has 16 heavy (non-hydrogen) atoms. The molecule has 0 spiro atoms. The summed E-state index contributed by atoms with van der Waals surface area (Å²) in [6, 6.07) is 8.60. The van der Waals surface area contributed by atoms with Crippen molar-refractivity contribution in [2.24, 2.45) is 5.92 Å². The van der Waals surface area contributed by atoms with E-state index in [1.165, 1.54) is 24.8 Å². The number of benzene rings is 1. The van der Waals surface area contributed by atoms with E-state index in [1.54, 1.807) is 0 Å². The van der Waals surface area contributed by atoms with Crippen LogP contribution in [-0.4, -0.2) is 11.9 Å². The Bertz CT molecular complexity index is 323. The van der Waals surface area contributed by atoms with Crippen molar-refractivity contribution in [3.05, 3.63) is 34.9 Å². The Balaban J connectivity index is 1.85. The Morgan fingerprint density at radius 2 is 1.94 bits per heavy atom. The van der Waals surface area contributed by atoms with Crippen LogP contribution in [0, 0.1) is 5.92 Å². The van der Waals surface area contributed by atoms with Gasteiger partial charge in [0.25, 0.3) is 0 Å². The molecule has 0 aliphatic heterocycles. The second kappa shape index (κ2) is 5.90. The van der Waals surface area contributed by atoms with Crippen LogP contribution in [0.25, 0.3) is 0 Å².